The quantitative estimate of drug-likeness (QED) is 0.107. The number of hydrogen-bond acceptors (Lipinski definition) is 5. The summed E-state index contributed by atoms with van der Waals surface area (Å²) in [4.78, 5) is 41.6. The van der Waals surface area contributed by atoms with Crippen LogP contribution in [0, 0.1) is 11.3 Å². The van der Waals surface area contributed by atoms with Crippen LogP contribution in [0.4, 0.5) is 5.69 Å². The van der Waals surface area contributed by atoms with E-state index in [0.29, 0.717) is 52.9 Å². The van der Waals surface area contributed by atoms with Crippen molar-refractivity contribution in [1.29, 1.82) is 0 Å². The van der Waals surface area contributed by atoms with Crippen molar-refractivity contribution in [2.24, 2.45) is 11.3 Å². The number of alkyl halides is 2. The molecule has 5 nitrogen and oxygen atoms in total. The lowest BCUT2D eigenvalue weighted by Crippen LogP contribution is -2.38. The molecule has 0 fully saturated rings. The molecule has 0 bridgehead atoms. The number of ether oxygens (including phenoxy) is 1. The molecule has 1 unspecified atom stereocenters. The molecule has 1 aliphatic carbocycles. The molecule has 0 N–H and O–H groups in total. The Morgan fingerprint density at radius 3 is 2.09 bits per heavy atom. The first-order chi connectivity index (χ1) is 16.5. The standard InChI is InChI=1S/C28H35Cl2NO4/c1-7-8-23-25(27(34)20(5)19(4)26(23)33)28(6,18(2)3)17-24(32)35-22-11-9-21(10-12-22)31(15-13-29)16-14-30/h7,9-12,18H,1,8,13-17H2,2-6H3. The van der Waals surface area contributed by atoms with Gasteiger partial charge in [0, 0.05) is 58.2 Å². The highest BCUT2D eigenvalue weighted by Gasteiger charge is 2.44. The van der Waals surface area contributed by atoms with Crippen LogP contribution >= 0.6 is 23.2 Å². The van der Waals surface area contributed by atoms with Crippen molar-refractivity contribution in [3.8, 4) is 5.75 Å². The molecule has 0 radical (unpaired) electrons. The van der Waals surface area contributed by atoms with Gasteiger partial charge in [-0.05, 0) is 50.5 Å². The van der Waals surface area contributed by atoms with E-state index in [1.54, 1.807) is 32.1 Å². The average molecular weight is 520 g/mol. The lowest BCUT2D eigenvalue weighted by atomic mass is 9.64. The molecular weight excluding hydrogens is 485 g/mol. The maximum absolute atomic E-state index is 13.4. The van der Waals surface area contributed by atoms with E-state index < -0.39 is 11.4 Å². The van der Waals surface area contributed by atoms with E-state index in [9.17, 15) is 14.4 Å². The minimum atomic E-state index is -0.887. The molecule has 35 heavy (non-hydrogen) atoms. The van der Waals surface area contributed by atoms with E-state index in [1.165, 1.54) is 0 Å². The zero-order chi connectivity index (χ0) is 26.3. The number of halogens is 2. The number of nitrogens with zero attached hydrogens (tertiary/aromatic N) is 1. The van der Waals surface area contributed by atoms with Gasteiger partial charge in [-0.1, -0.05) is 26.8 Å². The number of benzene rings is 1. The van der Waals surface area contributed by atoms with Crippen LogP contribution in [-0.4, -0.2) is 42.4 Å². The Morgan fingerprint density at radius 2 is 1.60 bits per heavy atom. The summed E-state index contributed by atoms with van der Waals surface area (Å²) in [5.74, 6) is 0.426. The SMILES string of the molecule is C=CCC1=C(C(C)(CC(=O)Oc2ccc(N(CCCl)CCCl)cc2)C(C)C)C(=O)C(C)=C(C)C1=O. The van der Waals surface area contributed by atoms with Crippen molar-refractivity contribution >= 4 is 46.4 Å². The molecule has 1 aromatic rings. The number of allylic oxidation sites excluding steroid dienone is 5. The van der Waals surface area contributed by atoms with Crippen molar-refractivity contribution < 1.29 is 19.1 Å². The monoisotopic (exact) mass is 519 g/mol. The van der Waals surface area contributed by atoms with Gasteiger partial charge in [-0.3, -0.25) is 14.4 Å². The number of carbonyl (C=O) groups excluding carboxylic acids is 3. The summed E-state index contributed by atoms with van der Waals surface area (Å²) in [5.41, 5.74) is 1.72. The van der Waals surface area contributed by atoms with Crippen LogP contribution in [0.1, 0.15) is 47.5 Å². The molecule has 190 valence electrons. The molecule has 0 spiro atoms. The van der Waals surface area contributed by atoms with E-state index >= 15 is 0 Å². The summed E-state index contributed by atoms with van der Waals surface area (Å²) < 4.78 is 5.65. The number of rotatable bonds is 12. The van der Waals surface area contributed by atoms with E-state index in [1.807, 2.05) is 32.9 Å². The third kappa shape index (κ3) is 6.45. The van der Waals surface area contributed by atoms with Crippen LogP contribution in [0.25, 0.3) is 0 Å². The third-order valence-corrected chi connectivity index (χ3v) is 7.23. The second kappa shape index (κ2) is 12.5. The fraction of sp³-hybridized carbons (Fsp3) is 0.464. The molecule has 0 amide bonds. The Balaban J connectivity index is 2.33. The fourth-order valence-electron chi connectivity index (χ4n) is 4.30. The van der Waals surface area contributed by atoms with E-state index in [4.69, 9.17) is 27.9 Å². The summed E-state index contributed by atoms with van der Waals surface area (Å²) >= 11 is 11.8. The zero-order valence-corrected chi connectivity index (χ0v) is 22.8. The molecule has 1 atom stereocenters. The van der Waals surface area contributed by atoms with Gasteiger partial charge < -0.3 is 9.64 Å². The number of ketones is 2. The predicted octanol–water partition coefficient (Wildman–Crippen LogP) is 6.29. The molecule has 0 saturated heterocycles. The molecule has 7 heteroatoms. The van der Waals surface area contributed by atoms with Gasteiger partial charge in [-0.15, -0.1) is 29.8 Å². The summed E-state index contributed by atoms with van der Waals surface area (Å²) in [7, 11) is 0. The van der Waals surface area contributed by atoms with Crippen molar-refractivity contribution in [3.63, 3.8) is 0 Å². The topological polar surface area (TPSA) is 63.7 Å². The maximum atomic E-state index is 13.4. The van der Waals surface area contributed by atoms with Crippen LogP contribution in [-0.2, 0) is 14.4 Å². The lowest BCUT2D eigenvalue weighted by molar-refractivity contribution is -0.137. The van der Waals surface area contributed by atoms with Crippen molar-refractivity contribution in [2.45, 2.75) is 47.5 Å². The minimum absolute atomic E-state index is 0.0433. The third-order valence-electron chi connectivity index (χ3n) is 6.89. The van der Waals surface area contributed by atoms with Gasteiger partial charge in [-0.2, -0.15) is 0 Å². The molecule has 1 aromatic carbocycles. The number of esters is 1. The second-order valence-electron chi connectivity index (χ2n) is 9.34. The van der Waals surface area contributed by atoms with E-state index in [-0.39, 0.29) is 30.3 Å². The van der Waals surface area contributed by atoms with Crippen molar-refractivity contribution in [2.75, 3.05) is 29.7 Å². The highest BCUT2D eigenvalue weighted by molar-refractivity contribution is 6.25. The Labute approximate surface area is 218 Å². The Morgan fingerprint density at radius 1 is 1.06 bits per heavy atom. The zero-order valence-electron chi connectivity index (χ0n) is 21.2. The van der Waals surface area contributed by atoms with E-state index in [0.717, 1.165) is 5.69 Å². The van der Waals surface area contributed by atoms with Crippen molar-refractivity contribution in [1.82, 2.24) is 0 Å². The molecule has 0 aromatic heterocycles. The summed E-state index contributed by atoms with van der Waals surface area (Å²) in [6.07, 6.45) is 1.84. The van der Waals surface area contributed by atoms with Gasteiger partial charge in [0.05, 0.1) is 6.42 Å². The van der Waals surface area contributed by atoms with Crippen LogP contribution in [0.15, 0.2) is 59.2 Å². The molecule has 0 saturated carbocycles. The van der Waals surface area contributed by atoms with Gasteiger partial charge in [0.15, 0.2) is 11.6 Å². The van der Waals surface area contributed by atoms with Crippen LogP contribution in [0.3, 0.4) is 0 Å². The second-order valence-corrected chi connectivity index (χ2v) is 10.1. The highest BCUT2D eigenvalue weighted by atomic mass is 35.5. The molecule has 2 rings (SSSR count). The Hall–Kier alpha value is -2.37. The number of Topliss-reactive ketones (excluding diaryl/α,β-unsaturated/α-hetero) is 2. The van der Waals surface area contributed by atoms with Crippen LogP contribution < -0.4 is 9.64 Å². The summed E-state index contributed by atoms with van der Waals surface area (Å²) in [6.45, 7) is 14.1. The van der Waals surface area contributed by atoms with Crippen molar-refractivity contribution in [3.05, 3.63) is 59.2 Å². The summed E-state index contributed by atoms with van der Waals surface area (Å²) in [6, 6.07) is 7.16. The molecular formula is C28H35Cl2NO4. The summed E-state index contributed by atoms with van der Waals surface area (Å²) in [5, 5.41) is 0. The maximum Gasteiger partial charge on any atom is 0.312 e. The van der Waals surface area contributed by atoms with Gasteiger partial charge in [-0.25, -0.2) is 0 Å². The predicted molar refractivity (Wildman–Crippen MR) is 144 cm³/mol. The number of carbonyl (C=O) groups is 3. The van der Waals surface area contributed by atoms with Gasteiger partial charge >= 0.3 is 5.97 Å². The molecule has 1 aliphatic rings. The van der Waals surface area contributed by atoms with Crippen LogP contribution in [0.5, 0.6) is 5.75 Å². The first-order valence-electron chi connectivity index (χ1n) is 11.8. The normalized spacial score (nSPS) is 16.0. The number of hydrogen-bond donors (Lipinski definition) is 0. The smallest absolute Gasteiger partial charge is 0.312 e. The van der Waals surface area contributed by atoms with Crippen LogP contribution in [0.2, 0.25) is 0 Å². The van der Waals surface area contributed by atoms with E-state index in [2.05, 4.69) is 11.5 Å². The largest absolute Gasteiger partial charge is 0.427 e. The Kier molecular flexibility index (Phi) is 10.3. The lowest BCUT2D eigenvalue weighted by Gasteiger charge is -2.38. The average Bonchev–Trinajstić information content (AvgIpc) is 2.81. The first-order valence-corrected chi connectivity index (χ1v) is 12.9. The van der Waals surface area contributed by atoms with Gasteiger partial charge in [0.2, 0.25) is 0 Å². The molecule has 0 heterocycles. The Bertz CT molecular complexity index is 1030. The molecule has 0 aliphatic heterocycles. The first kappa shape index (κ1) is 28.9. The minimum Gasteiger partial charge on any atom is -0.427 e. The van der Waals surface area contributed by atoms with Gasteiger partial charge in [0.25, 0.3) is 0 Å². The highest BCUT2D eigenvalue weighted by Crippen LogP contribution is 2.45. The van der Waals surface area contributed by atoms with Gasteiger partial charge in [0.1, 0.15) is 5.75 Å². The number of anilines is 1. The fourth-order valence-corrected chi connectivity index (χ4v) is 4.70.